The van der Waals surface area contributed by atoms with E-state index in [9.17, 15) is 8.42 Å². The van der Waals surface area contributed by atoms with Gasteiger partial charge < -0.3 is 19.9 Å². The van der Waals surface area contributed by atoms with Gasteiger partial charge in [0.15, 0.2) is 15.4 Å². The monoisotopic (exact) mass is 492 g/mol. The van der Waals surface area contributed by atoms with Gasteiger partial charge in [0, 0.05) is 17.4 Å². The Morgan fingerprint density at radius 2 is 1.60 bits per heavy atom. The van der Waals surface area contributed by atoms with Crippen molar-refractivity contribution in [3.05, 3.63) is 71.8 Å². The first kappa shape index (κ1) is 23.2. The summed E-state index contributed by atoms with van der Waals surface area (Å²) < 4.78 is 41.7. The smallest absolute Gasteiger partial charge is 0.283 e. The van der Waals surface area contributed by atoms with Crippen LogP contribution in [0.3, 0.4) is 0 Å². The van der Waals surface area contributed by atoms with Crippen LogP contribution in [0.4, 0.5) is 0 Å². The maximum absolute atomic E-state index is 11.9. The Labute approximate surface area is 205 Å². The highest BCUT2D eigenvalue weighted by atomic mass is 32.2. The number of amidine groups is 1. The predicted molar refractivity (Wildman–Crippen MR) is 135 cm³/mol. The summed E-state index contributed by atoms with van der Waals surface area (Å²) in [6, 6.07) is 18.5. The molecule has 35 heavy (non-hydrogen) atoms. The predicted octanol–water partition coefficient (Wildman–Crippen LogP) is 4.88. The summed E-state index contributed by atoms with van der Waals surface area (Å²) in [4.78, 5) is 5.03. The molecule has 2 aliphatic heterocycles. The molecule has 182 valence electrons. The number of sulfone groups is 1. The molecule has 0 radical (unpaired) electrons. The van der Waals surface area contributed by atoms with Gasteiger partial charge in [0.2, 0.25) is 0 Å². The lowest BCUT2D eigenvalue weighted by Gasteiger charge is -2.34. The molecule has 1 spiro atoms. The minimum atomic E-state index is -3.27. The topological polar surface area (TPSA) is 100 Å². The van der Waals surface area contributed by atoms with E-state index < -0.39 is 15.4 Å². The molecular formula is C27H28N2O5S. The molecule has 1 atom stereocenters. The molecule has 8 heteroatoms. The van der Waals surface area contributed by atoms with E-state index in [0.29, 0.717) is 18.1 Å². The summed E-state index contributed by atoms with van der Waals surface area (Å²) in [5.74, 6) is 2.06. The Balaban J connectivity index is 1.59. The van der Waals surface area contributed by atoms with Crippen molar-refractivity contribution in [2.45, 2.75) is 31.2 Å². The van der Waals surface area contributed by atoms with Crippen LogP contribution in [0.25, 0.3) is 11.1 Å². The second-order valence-corrected chi connectivity index (χ2v) is 12.2. The van der Waals surface area contributed by atoms with Crippen LogP contribution in [0, 0.1) is 5.41 Å². The molecule has 3 aromatic carbocycles. The van der Waals surface area contributed by atoms with Crippen LogP contribution < -0.4 is 15.2 Å². The van der Waals surface area contributed by atoms with Crippen molar-refractivity contribution in [1.29, 1.82) is 0 Å². The number of hydrogen-bond donors (Lipinski definition) is 1. The van der Waals surface area contributed by atoms with Crippen molar-refractivity contribution >= 4 is 15.9 Å². The normalized spacial score (nSPS) is 18.8. The molecule has 0 aliphatic carbocycles. The van der Waals surface area contributed by atoms with Crippen molar-refractivity contribution in [1.82, 2.24) is 0 Å². The van der Waals surface area contributed by atoms with Crippen LogP contribution in [0.15, 0.2) is 70.6 Å². The fraction of sp³-hybridized carbons (Fsp3) is 0.296. The molecule has 2 heterocycles. The standard InChI is InChI=1S/C27H28N2O5S/c1-26(2,3)15-32-19-8-12-24-22(14-19)27(16-33-25(28)29-27)21-13-18(7-11-23(21)34-24)17-5-9-20(10-6-17)35(4,30)31/h5-14H,15-16H2,1-4H3,(H2,28,29)/t27-/m0/s1. The quantitative estimate of drug-likeness (QED) is 0.557. The maximum Gasteiger partial charge on any atom is 0.283 e. The molecule has 0 bridgehead atoms. The Morgan fingerprint density at radius 1 is 0.971 bits per heavy atom. The zero-order valence-electron chi connectivity index (χ0n) is 20.2. The second kappa shape index (κ2) is 8.02. The first-order valence-corrected chi connectivity index (χ1v) is 13.2. The van der Waals surface area contributed by atoms with Crippen LogP contribution in [0.1, 0.15) is 31.9 Å². The van der Waals surface area contributed by atoms with Crippen LogP contribution in [0.2, 0.25) is 0 Å². The molecule has 2 aliphatic rings. The number of nitrogens with zero attached hydrogens (tertiary/aromatic N) is 1. The third-order valence-electron chi connectivity index (χ3n) is 6.06. The Kier molecular flexibility index (Phi) is 5.32. The lowest BCUT2D eigenvalue weighted by Crippen LogP contribution is -2.31. The number of benzene rings is 3. The van der Waals surface area contributed by atoms with Gasteiger partial charge in [-0.25, -0.2) is 13.4 Å². The Bertz CT molecular complexity index is 1440. The molecule has 7 nitrogen and oxygen atoms in total. The van der Waals surface area contributed by atoms with E-state index in [1.807, 2.05) is 36.4 Å². The van der Waals surface area contributed by atoms with Crippen LogP contribution >= 0.6 is 0 Å². The third kappa shape index (κ3) is 4.34. The van der Waals surface area contributed by atoms with Crippen molar-refractivity contribution < 1.29 is 22.6 Å². The summed E-state index contributed by atoms with van der Waals surface area (Å²) in [6.45, 7) is 7.15. The lowest BCUT2D eigenvalue weighted by molar-refractivity contribution is 0.197. The molecular weight excluding hydrogens is 464 g/mol. The van der Waals surface area contributed by atoms with Gasteiger partial charge in [0.1, 0.15) is 23.9 Å². The number of aliphatic imine (C=N–C) groups is 1. The summed E-state index contributed by atoms with van der Waals surface area (Å²) in [5, 5.41) is 0. The first-order chi connectivity index (χ1) is 16.4. The number of rotatable bonds is 4. The third-order valence-corrected chi connectivity index (χ3v) is 7.19. The van der Waals surface area contributed by atoms with Crippen molar-refractivity contribution in [2.75, 3.05) is 19.5 Å². The van der Waals surface area contributed by atoms with E-state index in [4.69, 9.17) is 24.9 Å². The molecule has 0 saturated heterocycles. The highest BCUT2D eigenvalue weighted by Crippen LogP contribution is 2.52. The summed E-state index contributed by atoms with van der Waals surface area (Å²) in [6.07, 6.45) is 1.20. The average molecular weight is 493 g/mol. The SMILES string of the molecule is CC(C)(C)COc1ccc2c(c1)[C@]1(COC(N)=N1)c1cc(-c3ccc(S(C)(=O)=O)cc3)ccc1O2. The highest BCUT2D eigenvalue weighted by Gasteiger charge is 2.47. The summed E-state index contributed by atoms with van der Waals surface area (Å²) in [5.41, 5.74) is 8.56. The molecule has 0 fully saturated rings. The number of hydrogen-bond acceptors (Lipinski definition) is 7. The molecule has 0 amide bonds. The Morgan fingerprint density at radius 3 is 2.20 bits per heavy atom. The lowest BCUT2D eigenvalue weighted by atomic mass is 9.80. The van der Waals surface area contributed by atoms with E-state index in [-0.39, 0.29) is 22.9 Å². The maximum atomic E-state index is 11.9. The fourth-order valence-corrected chi connectivity index (χ4v) is 4.93. The van der Waals surface area contributed by atoms with Crippen LogP contribution in [-0.4, -0.2) is 33.9 Å². The van der Waals surface area contributed by atoms with Gasteiger partial charge in [-0.05, 0) is 59.0 Å². The second-order valence-electron chi connectivity index (χ2n) is 10.2. The molecule has 2 N–H and O–H groups in total. The number of nitrogens with two attached hydrogens (primary N) is 1. The summed E-state index contributed by atoms with van der Waals surface area (Å²) in [7, 11) is -3.27. The molecule has 0 saturated carbocycles. The van der Waals surface area contributed by atoms with E-state index >= 15 is 0 Å². The van der Waals surface area contributed by atoms with E-state index in [1.54, 1.807) is 24.3 Å². The van der Waals surface area contributed by atoms with Gasteiger partial charge in [-0.1, -0.05) is 39.0 Å². The fourth-order valence-electron chi connectivity index (χ4n) is 4.30. The highest BCUT2D eigenvalue weighted by molar-refractivity contribution is 7.90. The number of fused-ring (bicyclic) bond motifs is 4. The minimum Gasteiger partial charge on any atom is -0.493 e. The van der Waals surface area contributed by atoms with Gasteiger partial charge in [0.05, 0.1) is 11.5 Å². The van der Waals surface area contributed by atoms with Gasteiger partial charge >= 0.3 is 0 Å². The van der Waals surface area contributed by atoms with Gasteiger partial charge in [-0.2, -0.15) is 0 Å². The molecule has 0 aromatic heterocycles. The van der Waals surface area contributed by atoms with E-state index in [2.05, 4.69) is 20.8 Å². The van der Waals surface area contributed by atoms with Crippen LogP contribution in [0.5, 0.6) is 17.2 Å². The first-order valence-electron chi connectivity index (χ1n) is 11.3. The Hall–Kier alpha value is -3.52. The van der Waals surface area contributed by atoms with Gasteiger partial charge in [-0.15, -0.1) is 0 Å². The van der Waals surface area contributed by atoms with Gasteiger partial charge in [-0.3, -0.25) is 0 Å². The zero-order valence-corrected chi connectivity index (χ0v) is 21.0. The van der Waals surface area contributed by atoms with Gasteiger partial charge in [0.25, 0.3) is 6.02 Å². The van der Waals surface area contributed by atoms with Crippen molar-refractivity contribution in [3.8, 4) is 28.4 Å². The van der Waals surface area contributed by atoms with E-state index in [0.717, 1.165) is 28.0 Å². The summed E-state index contributed by atoms with van der Waals surface area (Å²) >= 11 is 0. The zero-order chi connectivity index (χ0) is 25.0. The van der Waals surface area contributed by atoms with Crippen LogP contribution in [-0.2, 0) is 20.1 Å². The molecule has 0 unspecified atom stereocenters. The molecule has 5 rings (SSSR count). The number of ether oxygens (including phenoxy) is 3. The largest absolute Gasteiger partial charge is 0.493 e. The average Bonchev–Trinajstić information content (AvgIpc) is 3.19. The molecule has 3 aromatic rings. The minimum absolute atomic E-state index is 0.0112. The van der Waals surface area contributed by atoms with Crippen molar-refractivity contribution in [3.63, 3.8) is 0 Å². The van der Waals surface area contributed by atoms with E-state index in [1.165, 1.54) is 6.26 Å². The van der Waals surface area contributed by atoms with Crippen molar-refractivity contribution in [2.24, 2.45) is 16.1 Å².